The molecular formula is C32H41ClN4O. The van der Waals surface area contributed by atoms with Crippen molar-refractivity contribution in [2.24, 2.45) is 0 Å². The first-order chi connectivity index (χ1) is 18.7. The van der Waals surface area contributed by atoms with Crippen LogP contribution in [0.15, 0.2) is 66.7 Å². The summed E-state index contributed by atoms with van der Waals surface area (Å²) < 4.78 is 8.39. The molecule has 0 bridgehead atoms. The van der Waals surface area contributed by atoms with E-state index in [0.717, 1.165) is 74.6 Å². The highest BCUT2D eigenvalue weighted by Gasteiger charge is 2.12. The van der Waals surface area contributed by atoms with Gasteiger partial charge in [-0.15, -0.1) is 0 Å². The number of nitrogens with zero attached hydrogens (tertiary/aromatic N) is 2. The number of hydrogen-bond donors (Lipinski definition) is 2. The number of benzene rings is 3. The van der Waals surface area contributed by atoms with Crippen molar-refractivity contribution in [1.29, 1.82) is 0 Å². The number of rotatable bonds is 16. The molecule has 0 aliphatic heterocycles. The van der Waals surface area contributed by atoms with E-state index in [9.17, 15) is 0 Å². The molecule has 3 aromatic carbocycles. The van der Waals surface area contributed by atoms with Crippen LogP contribution < -0.4 is 15.4 Å². The van der Waals surface area contributed by atoms with Gasteiger partial charge in [-0.2, -0.15) is 0 Å². The molecule has 6 heteroatoms. The minimum absolute atomic E-state index is 0.648. The van der Waals surface area contributed by atoms with Crippen LogP contribution in [0.5, 0.6) is 5.75 Å². The van der Waals surface area contributed by atoms with Crippen LogP contribution >= 0.6 is 11.6 Å². The van der Waals surface area contributed by atoms with Crippen LogP contribution in [0.1, 0.15) is 50.1 Å². The summed E-state index contributed by atoms with van der Waals surface area (Å²) in [6, 6.07) is 23.0. The van der Waals surface area contributed by atoms with Gasteiger partial charge in [0.05, 0.1) is 17.6 Å². The summed E-state index contributed by atoms with van der Waals surface area (Å²) >= 11 is 5.97. The van der Waals surface area contributed by atoms with Crippen molar-refractivity contribution in [1.82, 2.24) is 14.9 Å². The lowest BCUT2D eigenvalue weighted by atomic mass is 10.1. The fourth-order valence-electron chi connectivity index (χ4n) is 4.61. The predicted molar refractivity (Wildman–Crippen MR) is 161 cm³/mol. The lowest BCUT2D eigenvalue weighted by molar-refractivity contribution is 0.322. The van der Waals surface area contributed by atoms with Crippen molar-refractivity contribution in [2.45, 2.75) is 58.9 Å². The molecule has 0 fully saturated rings. The van der Waals surface area contributed by atoms with E-state index in [2.05, 4.69) is 71.5 Å². The largest absolute Gasteiger partial charge is 0.493 e. The first-order valence-electron chi connectivity index (χ1n) is 14.1. The number of halogens is 1. The van der Waals surface area contributed by atoms with E-state index < -0.39 is 0 Å². The van der Waals surface area contributed by atoms with E-state index >= 15 is 0 Å². The van der Waals surface area contributed by atoms with Crippen molar-refractivity contribution in [3.05, 3.63) is 88.7 Å². The van der Waals surface area contributed by atoms with Crippen LogP contribution in [-0.2, 0) is 25.8 Å². The first kappa shape index (κ1) is 28.0. The summed E-state index contributed by atoms with van der Waals surface area (Å²) in [5.41, 5.74) is 6.01. The number of imidazole rings is 1. The summed E-state index contributed by atoms with van der Waals surface area (Å²) in [5.74, 6) is 2.07. The quantitative estimate of drug-likeness (QED) is 0.149. The maximum atomic E-state index is 5.97. The van der Waals surface area contributed by atoms with Gasteiger partial charge in [0.2, 0.25) is 0 Å². The Morgan fingerprint density at radius 3 is 2.37 bits per heavy atom. The molecule has 0 aliphatic carbocycles. The van der Waals surface area contributed by atoms with Crippen molar-refractivity contribution in [3.63, 3.8) is 0 Å². The highest BCUT2D eigenvalue weighted by atomic mass is 35.5. The summed E-state index contributed by atoms with van der Waals surface area (Å²) in [4.78, 5) is 5.03. The second kappa shape index (κ2) is 14.8. The smallest absolute Gasteiger partial charge is 0.119 e. The molecule has 0 unspecified atom stereocenters. The molecule has 1 heterocycles. The molecule has 1 aromatic heterocycles. The highest BCUT2D eigenvalue weighted by Crippen LogP contribution is 2.23. The summed E-state index contributed by atoms with van der Waals surface area (Å²) in [7, 11) is 0. The molecule has 0 atom stereocenters. The van der Waals surface area contributed by atoms with Crippen molar-refractivity contribution >= 4 is 28.3 Å². The Hall–Kier alpha value is -3.02. The van der Waals surface area contributed by atoms with Crippen LogP contribution in [0.3, 0.4) is 0 Å². The van der Waals surface area contributed by atoms with E-state index in [0.29, 0.717) is 6.61 Å². The Labute approximate surface area is 232 Å². The molecular weight excluding hydrogens is 492 g/mol. The summed E-state index contributed by atoms with van der Waals surface area (Å²) in [6.07, 6.45) is 6.16. The zero-order chi connectivity index (χ0) is 26.6. The zero-order valence-electron chi connectivity index (χ0n) is 22.8. The molecule has 0 amide bonds. The lowest BCUT2D eigenvalue weighted by Gasteiger charge is -2.11. The van der Waals surface area contributed by atoms with E-state index in [4.69, 9.17) is 21.3 Å². The molecule has 0 saturated carbocycles. The van der Waals surface area contributed by atoms with Crippen LogP contribution in [-0.4, -0.2) is 35.8 Å². The van der Waals surface area contributed by atoms with Gasteiger partial charge in [-0.3, -0.25) is 0 Å². The number of ether oxygens (including phenoxy) is 1. The van der Waals surface area contributed by atoms with Crippen LogP contribution in [0.2, 0.25) is 5.02 Å². The minimum atomic E-state index is 0.648. The molecule has 5 nitrogen and oxygen atoms in total. The Morgan fingerprint density at radius 1 is 0.842 bits per heavy atom. The fraction of sp³-hybridized carbons (Fsp3) is 0.406. The van der Waals surface area contributed by atoms with Gasteiger partial charge in [0, 0.05) is 36.6 Å². The Bertz CT molecular complexity index is 1250. The Morgan fingerprint density at radius 2 is 1.61 bits per heavy atom. The minimum Gasteiger partial charge on any atom is -0.493 e. The average molecular weight is 533 g/mol. The molecule has 0 spiro atoms. The molecule has 0 saturated heterocycles. The maximum Gasteiger partial charge on any atom is 0.119 e. The van der Waals surface area contributed by atoms with E-state index in [1.54, 1.807) is 0 Å². The van der Waals surface area contributed by atoms with Gasteiger partial charge in [-0.25, -0.2) is 4.98 Å². The normalized spacial score (nSPS) is 11.2. The molecule has 4 aromatic rings. The molecule has 4 rings (SSSR count). The van der Waals surface area contributed by atoms with E-state index in [-0.39, 0.29) is 0 Å². The Balaban J connectivity index is 1.34. The second-order valence-electron chi connectivity index (χ2n) is 9.74. The molecule has 2 N–H and O–H groups in total. The van der Waals surface area contributed by atoms with Gasteiger partial charge in [-0.05, 0) is 85.9 Å². The molecule has 38 heavy (non-hydrogen) atoms. The lowest BCUT2D eigenvalue weighted by Crippen LogP contribution is -2.17. The van der Waals surface area contributed by atoms with Gasteiger partial charge in [0.15, 0.2) is 0 Å². The molecule has 0 aliphatic rings. The van der Waals surface area contributed by atoms with Crippen LogP contribution in [0, 0.1) is 0 Å². The third-order valence-electron chi connectivity index (χ3n) is 6.81. The van der Waals surface area contributed by atoms with Crippen LogP contribution in [0.4, 0.5) is 5.69 Å². The van der Waals surface area contributed by atoms with Gasteiger partial charge in [-0.1, -0.05) is 56.1 Å². The van der Waals surface area contributed by atoms with Gasteiger partial charge in [0.25, 0.3) is 0 Å². The van der Waals surface area contributed by atoms with Crippen molar-refractivity contribution in [3.8, 4) is 5.75 Å². The monoisotopic (exact) mass is 532 g/mol. The molecule has 0 radical (unpaired) electrons. The number of nitrogens with one attached hydrogen (secondary N) is 2. The third kappa shape index (κ3) is 8.24. The van der Waals surface area contributed by atoms with Gasteiger partial charge >= 0.3 is 0 Å². The number of aromatic nitrogens is 2. The predicted octanol–water partition coefficient (Wildman–Crippen LogP) is 7.31. The molecule has 202 valence electrons. The standard InChI is InChI=1S/C32H41ClN4O/c1-3-5-22-37-31-24-28(35-21-6-20-34-4-2)14-17-30(31)36-32(37)18-11-25-9-15-29(16-10-25)38-23-19-26-7-12-27(33)13-8-26/h7-10,12-17,24,34-35H,3-6,11,18-23H2,1-2H3. The van der Waals surface area contributed by atoms with Crippen molar-refractivity contribution in [2.75, 3.05) is 31.6 Å². The average Bonchev–Trinajstić information content (AvgIpc) is 3.29. The van der Waals surface area contributed by atoms with Gasteiger partial charge < -0.3 is 19.9 Å². The number of aryl methyl sites for hydroxylation is 3. The topological polar surface area (TPSA) is 51.1 Å². The van der Waals surface area contributed by atoms with Gasteiger partial charge in [0.1, 0.15) is 11.6 Å². The summed E-state index contributed by atoms with van der Waals surface area (Å²) in [6.45, 7) is 9.08. The van der Waals surface area contributed by atoms with Crippen LogP contribution in [0.25, 0.3) is 11.0 Å². The SMILES string of the molecule is CCCCn1c(CCc2ccc(OCCc3ccc(Cl)cc3)cc2)nc2ccc(NCCCNCC)cc21. The number of anilines is 1. The summed E-state index contributed by atoms with van der Waals surface area (Å²) in [5, 5.41) is 7.72. The number of unbranched alkanes of at least 4 members (excludes halogenated alkanes) is 1. The fourth-order valence-corrected chi connectivity index (χ4v) is 4.73. The second-order valence-corrected chi connectivity index (χ2v) is 10.2. The Kier molecular flexibility index (Phi) is 10.9. The first-order valence-corrected chi connectivity index (χ1v) is 14.4. The number of fused-ring (bicyclic) bond motifs is 1. The number of hydrogen-bond acceptors (Lipinski definition) is 4. The maximum absolute atomic E-state index is 5.97. The highest BCUT2D eigenvalue weighted by molar-refractivity contribution is 6.30. The van der Waals surface area contributed by atoms with E-state index in [1.165, 1.54) is 34.6 Å². The van der Waals surface area contributed by atoms with E-state index in [1.807, 2.05) is 24.3 Å². The third-order valence-corrected chi connectivity index (χ3v) is 7.06. The van der Waals surface area contributed by atoms with Crippen molar-refractivity contribution < 1.29 is 4.74 Å². The zero-order valence-corrected chi connectivity index (χ0v) is 23.6.